The highest BCUT2D eigenvalue weighted by Gasteiger charge is 2.33. The van der Waals surface area contributed by atoms with Crippen LogP contribution < -0.4 is 33.2 Å². The third kappa shape index (κ3) is 9.12. The second-order valence-corrected chi connectivity index (χ2v) is 12.0. The van der Waals surface area contributed by atoms with Gasteiger partial charge >= 0.3 is 5.97 Å². The van der Waals surface area contributed by atoms with E-state index in [2.05, 4.69) is 30.9 Å². The fraction of sp³-hybridized carbons (Fsp3) is 0.382. The number of hydrogen-bond acceptors (Lipinski definition) is 6. The average molecular weight is 660 g/mol. The summed E-state index contributed by atoms with van der Waals surface area (Å²) in [7, 11) is 0. The number of carboxylic acid groups (broad SMARTS) is 1. The largest absolute Gasteiger partial charge is 0.480 e. The van der Waals surface area contributed by atoms with Crippen molar-refractivity contribution in [3.63, 3.8) is 0 Å². The summed E-state index contributed by atoms with van der Waals surface area (Å²) in [4.78, 5) is 63.1. The number of nitrogens with one attached hydrogen (secondary N) is 5. The summed E-state index contributed by atoms with van der Waals surface area (Å²) in [6.07, 6.45) is 4.83. The third-order valence-electron chi connectivity index (χ3n) is 8.54. The molecule has 0 aliphatic rings. The molecule has 0 aliphatic heterocycles. The maximum absolute atomic E-state index is 14.0. The molecule has 0 fully saturated rings. The number of H-pyrrole nitrogens is 2. The number of aromatic nitrogens is 2. The van der Waals surface area contributed by atoms with Gasteiger partial charge in [0.15, 0.2) is 5.96 Å². The summed E-state index contributed by atoms with van der Waals surface area (Å²) in [6.45, 7) is 3.84. The number of fused-ring (bicyclic) bond motifs is 2. The number of nitrogens with two attached hydrogens (primary N) is 3. The maximum Gasteiger partial charge on any atom is 0.326 e. The van der Waals surface area contributed by atoms with Gasteiger partial charge in [-0.2, -0.15) is 0 Å². The van der Waals surface area contributed by atoms with Gasteiger partial charge < -0.3 is 48.2 Å². The minimum absolute atomic E-state index is 0.0760. The molecule has 0 spiro atoms. The Morgan fingerprint density at radius 1 is 0.812 bits per heavy atom. The van der Waals surface area contributed by atoms with E-state index in [0.29, 0.717) is 12.8 Å². The van der Waals surface area contributed by atoms with Crippen molar-refractivity contribution in [3.8, 4) is 0 Å². The topological polar surface area (TPSA) is 247 Å². The van der Waals surface area contributed by atoms with E-state index in [4.69, 9.17) is 17.2 Å². The Labute approximate surface area is 278 Å². The fourth-order valence-electron chi connectivity index (χ4n) is 5.62. The molecule has 48 heavy (non-hydrogen) atoms. The van der Waals surface area contributed by atoms with E-state index in [1.807, 2.05) is 61.7 Å². The normalized spacial score (nSPS) is 14.4. The van der Waals surface area contributed by atoms with Crippen LogP contribution in [-0.2, 0) is 32.0 Å². The average Bonchev–Trinajstić information content (AvgIpc) is 3.67. The Hall–Kier alpha value is -5.37. The number of rotatable bonds is 17. The van der Waals surface area contributed by atoms with E-state index in [1.165, 1.54) is 0 Å². The lowest BCUT2D eigenvalue weighted by molar-refractivity contribution is -0.142. The van der Waals surface area contributed by atoms with Crippen molar-refractivity contribution in [3.05, 3.63) is 72.1 Å². The first-order valence-corrected chi connectivity index (χ1v) is 16.0. The predicted molar refractivity (Wildman–Crippen MR) is 185 cm³/mol. The van der Waals surface area contributed by atoms with Crippen LogP contribution in [0.3, 0.4) is 0 Å². The molecular formula is C34H45N9O5. The zero-order valence-electron chi connectivity index (χ0n) is 27.2. The number of amides is 3. The highest BCUT2D eigenvalue weighted by atomic mass is 16.4. The molecule has 0 bridgehead atoms. The first-order valence-electron chi connectivity index (χ1n) is 16.0. The van der Waals surface area contributed by atoms with E-state index >= 15 is 0 Å². The van der Waals surface area contributed by atoms with Crippen molar-refractivity contribution in [2.24, 2.45) is 28.1 Å². The number of aliphatic imine (C=N–C) groups is 1. The zero-order chi connectivity index (χ0) is 34.8. The van der Waals surface area contributed by atoms with E-state index in [0.717, 1.165) is 32.9 Å². The van der Waals surface area contributed by atoms with Gasteiger partial charge in [-0.25, -0.2) is 4.79 Å². The smallest absolute Gasteiger partial charge is 0.326 e. The van der Waals surface area contributed by atoms with Crippen LogP contribution in [0.5, 0.6) is 0 Å². The van der Waals surface area contributed by atoms with Crippen LogP contribution in [0.25, 0.3) is 21.8 Å². The van der Waals surface area contributed by atoms with Gasteiger partial charge in [0.05, 0.1) is 6.04 Å². The van der Waals surface area contributed by atoms with Crippen molar-refractivity contribution in [2.45, 2.75) is 70.1 Å². The van der Waals surface area contributed by atoms with E-state index in [9.17, 15) is 24.3 Å². The van der Waals surface area contributed by atoms with E-state index in [-0.39, 0.29) is 37.7 Å². The molecule has 5 unspecified atom stereocenters. The summed E-state index contributed by atoms with van der Waals surface area (Å²) >= 11 is 0. The molecule has 256 valence electrons. The zero-order valence-corrected chi connectivity index (χ0v) is 27.2. The monoisotopic (exact) mass is 659 g/mol. The SMILES string of the molecule is CCC(C)C(NC(=O)C(Cc1c[nH]c2ccccc12)NC(=O)C(N)Cc1c[nH]c2ccccc12)C(=O)NC(CCCN=C(N)N)C(=O)O. The van der Waals surface area contributed by atoms with Gasteiger partial charge in [0, 0.05) is 47.2 Å². The lowest BCUT2D eigenvalue weighted by Gasteiger charge is -2.28. The van der Waals surface area contributed by atoms with Gasteiger partial charge in [-0.1, -0.05) is 56.7 Å². The lowest BCUT2D eigenvalue weighted by Crippen LogP contribution is -2.59. The van der Waals surface area contributed by atoms with Crippen LogP contribution in [0.1, 0.15) is 44.2 Å². The molecule has 0 aliphatic carbocycles. The van der Waals surface area contributed by atoms with Crippen molar-refractivity contribution >= 4 is 51.5 Å². The van der Waals surface area contributed by atoms with Crippen LogP contribution in [0, 0.1) is 5.92 Å². The first kappa shape index (κ1) is 35.5. The number of carbonyl (C=O) groups excluding carboxylic acids is 3. The number of hydrogen-bond donors (Lipinski definition) is 9. The van der Waals surface area contributed by atoms with E-state index < -0.39 is 47.9 Å². The number of aliphatic carboxylic acids is 1. The van der Waals surface area contributed by atoms with Crippen LogP contribution in [0.2, 0.25) is 0 Å². The van der Waals surface area contributed by atoms with Gasteiger partial charge in [0.25, 0.3) is 0 Å². The van der Waals surface area contributed by atoms with Crippen LogP contribution in [0.4, 0.5) is 0 Å². The van der Waals surface area contributed by atoms with Crippen LogP contribution >= 0.6 is 0 Å². The molecule has 2 aromatic heterocycles. The number of aromatic amines is 2. The second-order valence-electron chi connectivity index (χ2n) is 12.0. The molecule has 0 saturated heterocycles. The van der Waals surface area contributed by atoms with Crippen LogP contribution in [0.15, 0.2) is 65.9 Å². The minimum Gasteiger partial charge on any atom is -0.480 e. The molecule has 3 amide bonds. The molecule has 4 rings (SSSR count). The van der Waals surface area contributed by atoms with Crippen LogP contribution in [-0.4, -0.2) is 75.4 Å². The summed E-state index contributed by atoms with van der Waals surface area (Å²) < 4.78 is 0. The summed E-state index contributed by atoms with van der Waals surface area (Å²) in [5.74, 6) is -3.49. The third-order valence-corrected chi connectivity index (χ3v) is 8.54. The van der Waals surface area contributed by atoms with Crippen molar-refractivity contribution < 1.29 is 24.3 Å². The molecule has 4 aromatic rings. The maximum atomic E-state index is 14.0. The molecule has 5 atom stereocenters. The predicted octanol–water partition coefficient (Wildman–Crippen LogP) is 1.40. The molecule has 2 heterocycles. The Morgan fingerprint density at radius 3 is 1.94 bits per heavy atom. The number of para-hydroxylation sites is 2. The lowest BCUT2D eigenvalue weighted by atomic mass is 9.96. The van der Waals surface area contributed by atoms with Crippen molar-refractivity contribution in [1.29, 1.82) is 0 Å². The summed E-state index contributed by atoms with van der Waals surface area (Å²) in [5, 5.41) is 19.8. The second kappa shape index (κ2) is 16.5. The highest BCUT2D eigenvalue weighted by Crippen LogP contribution is 2.21. The molecule has 14 heteroatoms. The van der Waals surface area contributed by atoms with Crippen molar-refractivity contribution in [1.82, 2.24) is 25.9 Å². The van der Waals surface area contributed by atoms with Crippen molar-refractivity contribution in [2.75, 3.05) is 6.54 Å². The minimum atomic E-state index is -1.23. The molecule has 12 N–H and O–H groups in total. The first-order chi connectivity index (χ1) is 23.0. The molecule has 2 aromatic carbocycles. The number of carbonyl (C=O) groups is 4. The Kier molecular flexibility index (Phi) is 12.2. The number of nitrogens with zero attached hydrogens (tertiary/aromatic N) is 1. The molecule has 0 saturated carbocycles. The van der Waals surface area contributed by atoms with Gasteiger partial charge in [0.2, 0.25) is 17.7 Å². The van der Waals surface area contributed by atoms with Gasteiger partial charge in [-0.3, -0.25) is 19.4 Å². The highest BCUT2D eigenvalue weighted by molar-refractivity contribution is 5.95. The van der Waals surface area contributed by atoms with Gasteiger partial charge in [0.1, 0.15) is 18.1 Å². The number of benzene rings is 2. The number of carboxylic acids is 1. The quantitative estimate of drug-likeness (QED) is 0.0454. The van der Waals surface area contributed by atoms with E-state index in [1.54, 1.807) is 13.1 Å². The summed E-state index contributed by atoms with van der Waals surface area (Å²) in [5.41, 5.74) is 20.5. The standard InChI is InChI=1S/C34H45N9O5/c1-3-19(2)29(32(46)41-27(33(47)48)13-8-14-38-34(36)37)43-31(45)28(16-21-18-40-26-12-7-5-10-23(21)26)42-30(44)24(35)15-20-17-39-25-11-6-4-9-22(20)25/h4-7,9-12,17-19,24,27-29,39-40H,3,8,13-16,35H2,1-2H3,(H,41,46)(H,42,44)(H,43,45)(H,47,48)(H4,36,37,38). The Bertz CT molecular complexity index is 1760. The molecular weight excluding hydrogens is 614 g/mol. The van der Waals surface area contributed by atoms with Gasteiger partial charge in [-0.05, 0) is 48.4 Å². The molecule has 0 radical (unpaired) electrons. The summed E-state index contributed by atoms with van der Waals surface area (Å²) in [6, 6.07) is 10.9. The van der Waals surface area contributed by atoms with Gasteiger partial charge in [-0.15, -0.1) is 0 Å². The molecule has 14 nitrogen and oxygen atoms in total. The fourth-order valence-corrected chi connectivity index (χ4v) is 5.62. The Morgan fingerprint density at radius 2 is 1.38 bits per heavy atom. The number of guanidine groups is 1. The Balaban J connectivity index is 1.53.